The van der Waals surface area contributed by atoms with Gasteiger partial charge in [0.05, 0.1) is 25.2 Å². The van der Waals surface area contributed by atoms with Crippen molar-refractivity contribution in [2.45, 2.75) is 19.3 Å². The Morgan fingerprint density at radius 3 is 2.44 bits per heavy atom. The van der Waals surface area contributed by atoms with Crippen molar-refractivity contribution >= 4 is 0 Å². The van der Waals surface area contributed by atoms with Crippen molar-refractivity contribution in [3.05, 3.63) is 35.9 Å². The van der Waals surface area contributed by atoms with E-state index in [1.54, 1.807) is 0 Å². The number of aliphatic hydroxyl groups is 1. The van der Waals surface area contributed by atoms with Gasteiger partial charge in [-0.3, -0.25) is 0 Å². The lowest BCUT2D eigenvalue weighted by Crippen LogP contribution is -2.53. The summed E-state index contributed by atoms with van der Waals surface area (Å²) in [4.78, 5) is 0. The first kappa shape index (κ1) is 13.5. The second kappa shape index (κ2) is 5.39. The van der Waals surface area contributed by atoms with E-state index in [2.05, 4.69) is 43.4 Å². The van der Waals surface area contributed by atoms with Crippen molar-refractivity contribution in [3.63, 3.8) is 0 Å². The minimum absolute atomic E-state index is 0.0488. The molecule has 0 unspecified atom stereocenters. The zero-order chi connectivity index (χ0) is 13.1. The third-order valence-electron chi connectivity index (χ3n) is 3.77. The average Bonchev–Trinajstić information content (AvgIpc) is 2.34. The number of ether oxygens (including phenoxy) is 1. The fraction of sp³-hybridized carbons (Fsp3) is 0.600. The number of nitrogens with one attached hydrogen (secondary N) is 1. The first-order chi connectivity index (χ1) is 8.58. The van der Waals surface area contributed by atoms with Crippen molar-refractivity contribution in [1.82, 2.24) is 5.32 Å². The molecule has 0 amide bonds. The monoisotopic (exact) mass is 249 g/mol. The number of benzene rings is 1. The smallest absolute Gasteiger partial charge is 0.0579 e. The van der Waals surface area contributed by atoms with E-state index in [1.165, 1.54) is 5.56 Å². The highest BCUT2D eigenvalue weighted by Gasteiger charge is 2.38. The molecule has 0 aliphatic carbocycles. The highest BCUT2D eigenvalue weighted by Crippen LogP contribution is 2.27. The molecular weight excluding hydrogens is 226 g/mol. The normalized spacial score (nSPS) is 18.4. The topological polar surface area (TPSA) is 41.5 Å². The molecule has 2 N–H and O–H groups in total. The van der Waals surface area contributed by atoms with Crippen molar-refractivity contribution in [1.29, 1.82) is 0 Å². The van der Waals surface area contributed by atoms with E-state index in [1.807, 2.05) is 6.07 Å². The minimum atomic E-state index is -0.0488. The zero-order valence-electron chi connectivity index (χ0n) is 11.3. The molecule has 100 valence electrons. The maximum Gasteiger partial charge on any atom is 0.0579 e. The summed E-state index contributed by atoms with van der Waals surface area (Å²) in [6.45, 7) is 7.73. The Balaban J connectivity index is 1.86. The molecular formula is C15H23NO2. The molecule has 1 heterocycles. The van der Waals surface area contributed by atoms with E-state index in [9.17, 15) is 5.11 Å². The van der Waals surface area contributed by atoms with Gasteiger partial charge in [0.2, 0.25) is 0 Å². The zero-order valence-corrected chi connectivity index (χ0v) is 11.3. The summed E-state index contributed by atoms with van der Waals surface area (Å²) < 4.78 is 5.20. The molecule has 1 aromatic rings. The molecule has 1 aliphatic heterocycles. The van der Waals surface area contributed by atoms with Crippen LogP contribution in [0.3, 0.4) is 0 Å². The molecule has 1 saturated heterocycles. The molecule has 18 heavy (non-hydrogen) atoms. The van der Waals surface area contributed by atoms with Crippen LogP contribution in [-0.2, 0) is 10.2 Å². The summed E-state index contributed by atoms with van der Waals surface area (Å²) in [7, 11) is 0. The van der Waals surface area contributed by atoms with Gasteiger partial charge in [-0.05, 0) is 5.56 Å². The van der Waals surface area contributed by atoms with Crippen LogP contribution in [0.5, 0.6) is 0 Å². The van der Waals surface area contributed by atoms with Crippen LogP contribution in [-0.4, -0.2) is 38.0 Å². The van der Waals surface area contributed by atoms with E-state index in [4.69, 9.17) is 4.74 Å². The first-order valence-corrected chi connectivity index (χ1v) is 6.53. The van der Waals surface area contributed by atoms with Gasteiger partial charge < -0.3 is 15.2 Å². The van der Waals surface area contributed by atoms with Crippen LogP contribution in [0.2, 0.25) is 0 Å². The summed E-state index contributed by atoms with van der Waals surface area (Å²) in [5.41, 5.74) is 1.38. The number of hydrogen-bond donors (Lipinski definition) is 2. The summed E-state index contributed by atoms with van der Waals surface area (Å²) in [5.74, 6) is 0. The van der Waals surface area contributed by atoms with E-state index in [-0.39, 0.29) is 17.4 Å². The molecule has 3 nitrogen and oxygen atoms in total. The molecule has 1 fully saturated rings. The maximum absolute atomic E-state index is 9.36. The first-order valence-electron chi connectivity index (χ1n) is 6.53. The lowest BCUT2D eigenvalue weighted by atomic mass is 9.83. The highest BCUT2D eigenvalue weighted by molar-refractivity contribution is 5.23. The molecule has 0 bridgehead atoms. The molecule has 0 radical (unpaired) electrons. The summed E-state index contributed by atoms with van der Waals surface area (Å²) in [6, 6.07) is 10.5. The summed E-state index contributed by atoms with van der Waals surface area (Å²) >= 11 is 0. The molecule has 1 aromatic carbocycles. The SMILES string of the molecule is CC(C)(CNCC1(CO)COC1)c1ccccc1. The third-order valence-corrected chi connectivity index (χ3v) is 3.77. The van der Waals surface area contributed by atoms with Crippen molar-refractivity contribution < 1.29 is 9.84 Å². The van der Waals surface area contributed by atoms with Crippen molar-refractivity contribution in [3.8, 4) is 0 Å². The van der Waals surface area contributed by atoms with Crippen LogP contribution in [0.4, 0.5) is 0 Å². The second-order valence-corrected chi connectivity index (χ2v) is 6.00. The van der Waals surface area contributed by atoms with Crippen LogP contribution in [0.25, 0.3) is 0 Å². The molecule has 0 spiro atoms. The Morgan fingerprint density at radius 1 is 1.28 bits per heavy atom. The summed E-state index contributed by atoms with van der Waals surface area (Å²) in [5, 5.41) is 12.8. The van der Waals surface area contributed by atoms with Crippen molar-refractivity contribution in [2.75, 3.05) is 32.9 Å². The Morgan fingerprint density at radius 2 is 1.94 bits per heavy atom. The molecule has 1 aliphatic rings. The second-order valence-electron chi connectivity index (χ2n) is 6.00. The van der Waals surface area contributed by atoms with E-state index in [0.29, 0.717) is 13.2 Å². The highest BCUT2D eigenvalue weighted by atomic mass is 16.5. The number of hydrogen-bond acceptors (Lipinski definition) is 3. The predicted molar refractivity (Wildman–Crippen MR) is 72.7 cm³/mol. The van der Waals surface area contributed by atoms with Gasteiger partial charge >= 0.3 is 0 Å². The van der Waals surface area contributed by atoms with Gasteiger partial charge in [-0.1, -0.05) is 44.2 Å². The average molecular weight is 249 g/mol. The largest absolute Gasteiger partial charge is 0.396 e. The van der Waals surface area contributed by atoms with Crippen LogP contribution in [0, 0.1) is 5.41 Å². The maximum atomic E-state index is 9.36. The quantitative estimate of drug-likeness (QED) is 0.804. The molecule has 0 atom stereocenters. The molecule has 0 aromatic heterocycles. The van der Waals surface area contributed by atoms with Gasteiger partial charge in [0.25, 0.3) is 0 Å². The number of aliphatic hydroxyl groups excluding tert-OH is 1. The molecule has 3 heteroatoms. The predicted octanol–water partition coefficient (Wildman–Crippen LogP) is 1.56. The van der Waals surface area contributed by atoms with Gasteiger partial charge in [0.1, 0.15) is 0 Å². The standard InChI is InChI=1S/C15H23NO2/c1-14(2,13-6-4-3-5-7-13)8-16-9-15(10-17)11-18-12-15/h3-7,16-17H,8-12H2,1-2H3. The third kappa shape index (κ3) is 2.91. The number of rotatable bonds is 6. The van der Waals surface area contributed by atoms with E-state index < -0.39 is 0 Å². The van der Waals surface area contributed by atoms with Crippen LogP contribution in [0.15, 0.2) is 30.3 Å². The van der Waals surface area contributed by atoms with Crippen LogP contribution >= 0.6 is 0 Å². The molecule has 2 rings (SSSR count). The Labute approximate surface area is 109 Å². The fourth-order valence-electron chi connectivity index (χ4n) is 2.27. The Kier molecular flexibility index (Phi) is 4.05. The van der Waals surface area contributed by atoms with Crippen molar-refractivity contribution in [2.24, 2.45) is 5.41 Å². The van der Waals surface area contributed by atoms with E-state index >= 15 is 0 Å². The van der Waals surface area contributed by atoms with Gasteiger partial charge in [0.15, 0.2) is 0 Å². The van der Waals surface area contributed by atoms with Crippen LogP contribution in [0.1, 0.15) is 19.4 Å². The van der Waals surface area contributed by atoms with Gasteiger partial charge in [0, 0.05) is 18.5 Å². The fourth-order valence-corrected chi connectivity index (χ4v) is 2.27. The van der Waals surface area contributed by atoms with Crippen LogP contribution < -0.4 is 5.32 Å². The van der Waals surface area contributed by atoms with Gasteiger partial charge in [-0.2, -0.15) is 0 Å². The minimum Gasteiger partial charge on any atom is -0.396 e. The van der Waals surface area contributed by atoms with Gasteiger partial charge in [-0.15, -0.1) is 0 Å². The summed E-state index contributed by atoms with van der Waals surface area (Å²) in [6.07, 6.45) is 0. The molecule has 0 saturated carbocycles. The Hall–Kier alpha value is -0.900. The van der Waals surface area contributed by atoms with Gasteiger partial charge in [-0.25, -0.2) is 0 Å². The lowest BCUT2D eigenvalue weighted by Gasteiger charge is -2.40. The lowest BCUT2D eigenvalue weighted by molar-refractivity contribution is -0.134. The van der Waals surface area contributed by atoms with E-state index in [0.717, 1.165) is 13.1 Å². The Bertz CT molecular complexity index is 366.